The highest BCUT2D eigenvalue weighted by Gasteiger charge is 1.89. The van der Waals surface area contributed by atoms with Crippen LogP contribution in [0, 0.1) is 0 Å². The molecule has 1 heterocycles. The number of carbonyl (C=O) groups is 1. The molecule has 0 amide bonds. The molecule has 23 heavy (non-hydrogen) atoms. The maximum absolute atomic E-state index is 9.95. The third kappa shape index (κ3) is 25.6. The fourth-order valence-electron chi connectivity index (χ4n) is 1.34. The summed E-state index contributed by atoms with van der Waals surface area (Å²) in [6, 6.07) is 1.83. The third-order valence-electron chi connectivity index (χ3n) is 2.52. The first-order valence-electron chi connectivity index (χ1n) is 8.11. The number of nitrogens with one attached hydrogen (secondary N) is 1. The Morgan fingerprint density at radius 1 is 1.17 bits per heavy atom. The van der Waals surface area contributed by atoms with Gasteiger partial charge in [0.05, 0.1) is 7.11 Å². The van der Waals surface area contributed by atoms with Crippen molar-refractivity contribution in [3.05, 3.63) is 31.1 Å². The van der Waals surface area contributed by atoms with Crippen LogP contribution >= 0.6 is 0 Å². The number of ether oxygens (including phenoxy) is 1. The van der Waals surface area contributed by atoms with Crippen LogP contribution in [0.4, 0.5) is 0 Å². The lowest BCUT2D eigenvalue weighted by Gasteiger charge is -2.01. The highest BCUT2D eigenvalue weighted by Crippen LogP contribution is 1.97. The summed E-state index contributed by atoms with van der Waals surface area (Å²) in [6.07, 6.45) is 12.2. The van der Waals surface area contributed by atoms with Crippen LogP contribution in [0.3, 0.4) is 0 Å². The summed E-state index contributed by atoms with van der Waals surface area (Å²) < 4.78 is 5.44. The normalized spacial score (nSPS) is 9.00. The van der Waals surface area contributed by atoms with Gasteiger partial charge in [-0.05, 0) is 18.9 Å². The molecule has 1 aromatic rings. The zero-order valence-corrected chi connectivity index (χ0v) is 14.8. The van der Waals surface area contributed by atoms with Crippen molar-refractivity contribution in [1.82, 2.24) is 10.2 Å². The fraction of sp³-hybridized carbons (Fsp3) is 0.647. The molecule has 6 nitrogen and oxygen atoms in total. The first-order valence-corrected chi connectivity index (χ1v) is 8.11. The van der Waals surface area contributed by atoms with Crippen LogP contribution in [0.25, 0.3) is 0 Å². The lowest BCUT2D eigenvalue weighted by Crippen LogP contribution is -1.96. The van der Waals surface area contributed by atoms with Crippen molar-refractivity contribution < 1.29 is 19.3 Å². The van der Waals surface area contributed by atoms with Gasteiger partial charge in [0, 0.05) is 31.7 Å². The molecular formula is C17H32N2O4. The molecule has 1 rings (SSSR count). The Hall–Kier alpha value is -1.66. The molecule has 0 aliphatic heterocycles. The predicted octanol–water partition coefficient (Wildman–Crippen LogP) is 4.07. The quantitative estimate of drug-likeness (QED) is 0.303. The van der Waals surface area contributed by atoms with Crippen molar-refractivity contribution >= 4 is 5.97 Å². The van der Waals surface area contributed by atoms with Gasteiger partial charge in [0.25, 0.3) is 0 Å². The predicted molar refractivity (Wildman–Crippen MR) is 91.8 cm³/mol. The molecule has 0 aliphatic carbocycles. The van der Waals surface area contributed by atoms with Crippen LogP contribution in [0.2, 0.25) is 0 Å². The molecule has 0 aliphatic rings. The minimum absolute atomic E-state index is 0.581. The number of hydrogen-bond donors (Lipinski definition) is 1. The van der Waals surface area contributed by atoms with Crippen molar-refractivity contribution in [3.63, 3.8) is 0 Å². The summed E-state index contributed by atoms with van der Waals surface area (Å²) in [7, 11) is 1.25. The van der Waals surface area contributed by atoms with Crippen molar-refractivity contribution in [2.45, 2.75) is 52.4 Å². The highest BCUT2D eigenvalue weighted by molar-refractivity contribution is 5.80. The van der Waals surface area contributed by atoms with E-state index in [4.69, 9.17) is 4.74 Å². The average Bonchev–Trinajstić information content (AvgIpc) is 3.15. The lowest BCUT2D eigenvalue weighted by atomic mass is 10.2. The second kappa shape index (κ2) is 22.6. The van der Waals surface area contributed by atoms with Gasteiger partial charge in [-0.25, -0.2) is 4.79 Å². The van der Waals surface area contributed by atoms with E-state index >= 15 is 0 Å². The molecule has 0 bridgehead atoms. The first kappa shape index (κ1) is 23.6. The molecule has 134 valence electrons. The molecule has 6 heteroatoms. The fourth-order valence-corrected chi connectivity index (χ4v) is 1.34. The minimum Gasteiger partial charge on any atom is -0.381 e. The number of carbonyl (C=O) groups excluding carboxylic acids is 1. The van der Waals surface area contributed by atoms with Gasteiger partial charge in [-0.1, -0.05) is 46.1 Å². The van der Waals surface area contributed by atoms with Crippen LogP contribution in [0.15, 0.2) is 31.1 Å². The number of aromatic nitrogens is 2. The molecule has 0 atom stereocenters. The number of H-pyrrole nitrogens is 1. The van der Waals surface area contributed by atoms with E-state index in [-0.39, 0.29) is 0 Å². The topological polar surface area (TPSA) is 73.4 Å². The van der Waals surface area contributed by atoms with Crippen LogP contribution in [0.1, 0.15) is 52.4 Å². The zero-order valence-electron chi connectivity index (χ0n) is 14.8. The maximum Gasteiger partial charge on any atom is 0.365 e. The van der Waals surface area contributed by atoms with E-state index in [9.17, 15) is 4.79 Å². The highest BCUT2D eigenvalue weighted by atomic mass is 17.2. The van der Waals surface area contributed by atoms with E-state index < -0.39 is 5.97 Å². The van der Waals surface area contributed by atoms with Crippen LogP contribution in [-0.2, 0) is 19.3 Å². The molecule has 0 spiro atoms. The van der Waals surface area contributed by atoms with E-state index in [0.29, 0.717) is 0 Å². The molecule has 0 unspecified atom stereocenters. The summed E-state index contributed by atoms with van der Waals surface area (Å²) in [5.41, 5.74) is 0. The molecule has 0 saturated carbocycles. The number of aromatic amines is 1. The second-order valence-corrected chi connectivity index (χ2v) is 4.57. The number of hydrogen-bond acceptors (Lipinski definition) is 5. The van der Waals surface area contributed by atoms with Crippen molar-refractivity contribution in [3.8, 4) is 0 Å². The average molecular weight is 328 g/mol. The van der Waals surface area contributed by atoms with E-state index in [1.54, 1.807) is 12.4 Å². The van der Waals surface area contributed by atoms with E-state index in [2.05, 4.69) is 40.4 Å². The van der Waals surface area contributed by atoms with E-state index in [1.807, 2.05) is 6.07 Å². The van der Waals surface area contributed by atoms with Gasteiger partial charge in [-0.3, -0.25) is 9.99 Å². The number of nitrogens with zero attached hydrogens (tertiary/aromatic N) is 1. The van der Waals surface area contributed by atoms with Gasteiger partial charge >= 0.3 is 5.97 Å². The minimum atomic E-state index is -0.581. The molecule has 0 fully saturated rings. The molecular weight excluding hydrogens is 296 g/mol. The van der Waals surface area contributed by atoms with Gasteiger partial charge in [0.2, 0.25) is 0 Å². The van der Waals surface area contributed by atoms with E-state index in [1.165, 1.54) is 45.6 Å². The van der Waals surface area contributed by atoms with Gasteiger partial charge in [0.1, 0.15) is 0 Å². The second-order valence-electron chi connectivity index (χ2n) is 4.57. The maximum atomic E-state index is 9.95. The Morgan fingerprint density at radius 2 is 1.78 bits per heavy atom. The SMILES string of the molecule is C=CC(=O)OOC.CCCCCOCCCCC.c1cn[nH]c1. The van der Waals surface area contributed by atoms with Gasteiger partial charge in [-0.2, -0.15) is 9.99 Å². The summed E-state index contributed by atoms with van der Waals surface area (Å²) in [6.45, 7) is 9.50. The monoisotopic (exact) mass is 328 g/mol. The Morgan fingerprint density at radius 3 is 2.04 bits per heavy atom. The summed E-state index contributed by atoms with van der Waals surface area (Å²) in [5.74, 6) is -0.581. The van der Waals surface area contributed by atoms with Gasteiger partial charge in [0.15, 0.2) is 0 Å². The van der Waals surface area contributed by atoms with Crippen LogP contribution < -0.4 is 0 Å². The molecule has 0 aromatic carbocycles. The summed E-state index contributed by atoms with van der Waals surface area (Å²) in [4.78, 5) is 17.9. The van der Waals surface area contributed by atoms with Crippen LogP contribution in [0.5, 0.6) is 0 Å². The zero-order chi connectivity index (χ0) is 17.6. The first-order chi connectivity index (χ1) is 11.2. The van der Waals surface area contributed by atoms with Gasteiger partial charge < -0.3 is 4.74 Å². The summed E-state index contributed by atoms with van der Waals surface area (Å²) in [5, 5.41) is 6.21. The molecule has 0 saturated heterocycles. The van der Waals surface area contributed by atoms with Crippen molar-refractivity contribution in [1.29, 1.82) is 0 Å². The number of rotatable bonds is 10. The van der Waals surface area contributed by atoms with Crippen LogP contribution in [-0.4, -0.2) is 36.5 Å². The van der Waals surface area contributed by atoms with Gasteiger partial charge in [-0.15, -0.1) is 0 Å². The molecule has 1 aromatic heterocycles. The Balaban J connectivity index is 0. The Labute approximate surface area is 140 Å². The smallest absolute Gasteiger partial charge is 0.365 e. The standard InChI is InChI=1S/C10H22O.C4H6O3.C3H4N2/c1-3-5-7-9-11-10-8-6-4-2;1-3-4(5)7-6-2;1-2-4-5-3-1/h3-10H2,1-2H3;3H,1H2,2H3;1-3H,(H,4,5). The number of unbranched alkanes of at least 4 members (excludes halogenated alkanes) is 4. The molecule has 0 radical (unpaired) electrons. The largest absolute Gasteiger partial charge is 0.381 e. The lowest BCUT2D eigenvalue weighted by molar-refractivity contribution is -0.249. The summed E-state index contributed by atoms with van der Waals surface area (Å²) >= 11 is 0. The third-order valence-corrected chi connectivity index (χ3v) is 2.52. The van der Waals surface area contributed by atoms with Crippen molar-refractivity contribution in [2.75, 3.05) is 20.3 Å². The van der Waals surface area contributed by atoms with Crippen molar-refractivity contribution in [2.24, 2.45) is 0 Å². The molecule has 1 N–H and O–H groups in total. The van der Waals surface area contributed by atoms with E-state index in [0.717, 1.165) is 19.3 Å². The Bertz CT molecular complexity index is 304. The Kier molecular flexibility index (Phi) is 23.2.